The van der Waals surface area contributed by atoms with Gasteiger partial charge in [-0.3, -0.25) is 4.98 Å². The Hall–Kier alpha value is -1.39. The highest BCUT2D eigenvalue weighted by molar-refractivity contribution is 9.10. The molecule has 0 radical (unpaired) electrons. The van der Waals surface area contributed by atoms with Gasteiger partial charge in [-0.15, -0.1) is 0 Å². The van der Waals surface area contributed by atoms with Crippen LogP contribution in [0.5, 0.6) is 5.75 Å². The van der Waals surface area contributed by atoms with Crippen LogP contribution in [0.1, 0.15) is 29.3 Å². The summed E-state index contributed by atoms with van der Waals surface area (Å²) in [5.74, 6) is 0.985. The molecule has 3 nitrogen and oxygen atoms in total. The van der Waals surface area contributed by atoms with E-state index >= 15 is 0 Å². The second-order valence-electron chi connectivity index (χ2n) is 5.06. The molecule has 0 amide bonds. The Morgan fingerprint density at radius 2 is 2.25 bits per heavy atom. The van der Waals surface area contributed by atoms with Crippen LogP contribution in [0.25, 0.3) is 0 Å². The Kier molecular flexibility index (Phi) is 4.03. The lowest BCUT2D eigenvalue weighted by atomic mass is 10.0. The molecule has 0 fully saturated rings. The summed E-state index contributed by atoms with van der Waals surface area (Å²) in [6.45, 7) is 3.59. The van der Waals surface area contributed by atoms with Crippen molar-refractivity contribution in [3.63, 3.8) is 0 Å². The summed E-state index contributed by atoms with van der Waals surface area (Å²) >= 11 is 3.53. The first-order valence-corrected chi connectivity index (χ1v) is 7.59. The van der Waals surface area contributed by atoms with Gasteiger partial charge in [-0.1, -0.05) is 22.0 Å². The van der Waals surface area contributed by atoms with Gasteiger partial charge in [-0.25, -0.2) is 0 Å². The SMILES string of the molecule is Cc1ccc(CNC2CCOc3ccc(Br)cc32)cn1. The molecule has 4 heteroatoms. The molecule has 1 atom stereocenters. The van der Waals surface area contributed by atoms with Crippen LogP contribution < -0.4 is 10.1 Å². The molecule has 104 valence electrons. The maximum absolute atomic E-state index is 5.70. The Bertz CT molecular complexity index is 598. The van der Waals surface area contributed by atoms with Crippen molar-refractivity contribution >= 4 is 15.9 Å². The van der Waals surface area contributed by atoms with Crippen molar-refractivity contribution in [1.82, 2.24) is 10.3 Å². The molecule has 1 aliphatic rings. The molecule has 1 unspecified atom stereocenters. The number of nitrogens with one attached hydrogen (secondary N) is 1. The highest BCUT2D eigenvalue weighted by Crippen LogP contribution is 2.34. The Morgan fingerprint density at radius 3 is 3.05 bits per heavy atom. The zero-order valence-corrected chi connectivity index (χ0v) is 13.0. The summed E-state index contributed by atoms with van der Waals surface area (Å²) < 4.78 is 6.79. The van der Waals surface area contributed by atoms with E-state index in [0.29, 0.717) is 6.04 Å². The third-order valence-corrected chi connectivity index (χ3v) is 4.03. The van der Waals surface area contributed by atoms with Gasteiger partial charge >= 0.3 is 0 Å². The number of aryl methyl sites for hydroxylation is 1. The molecule has 0 bridgehead atoms. The summed E-state index contributed by atoms with van der Waals surface area (Å²) in [6.07, 6.45) is 2.92. The van der Waals surface area contributed by atoms with Gasteiger partial charge in [0.25, 0.3) is 0 Å². The molecule has 1 aromatic heterocycles. The summed E-state index contributed by atoms with van der Waals surface area (Å²) in [4.78, 5) is 4.33. The van der Waals surface area contributed by atoms with Crippen LogP contribution in [0.3, 0.4) is 0 Å². The number of benzene rings is 1. The monoisotopic (exact) mass is 332 g/mol. The standard InChI is InChI=1S/C16H17BrN2O/c1-11-2-3-12(9-18-11)10-19-15-6-7-20-16-5-4-13(17)8-14(15)16/h2-5,8-9,15,19H,6-7,10H2,1H3. The third-order valence-electron chi connectivity index (χ3n) is 3.54. The molecule has 1 N–H and O–H groups in total. The van der Waals surface area contributed by atoms with Crippen molar-refractivity contribution in [3.8, 4) is 5.75 Å². The fraction of sp³-hybridized carbons (Fsp3) is 0.312. The lowest BCUT2D eigenvalue weighted by Gasteiger charge is -2.27. The van der Waals surface area contributed by atoms with E-state index in [1.165, 1.54) is 11.1 Å². The number of nitrogens with zero attached hydrogens (tertiary/aromatic N) is 1. The van der Waals surface area contributed by atoms with Gasteiger partial charge in [0.2, 0.25) is 0 Å². The first kappa shape index (κ1) is 13.6. The van der Waals surface area contributed by atoms with Crippen LogP contribution in [-0.2, 0) is 6.54 Å². The van der Waals surface area contributed by atoms with E-state index in [2.05, 4.69) is 38.4 Å². The minimum Gasteiger partial charge on any atom is -0.493 e. The number of fused-ring (bicyclic) bond motifs is 1. The van der Waals surface area contributed by atoms with Crippen molar-refractivity contribution in [1.29, 1.82) is 0 Å². The van der Waals surface area contributed by atoms with Gasteiger partial charge in [-0.05, 0) is 36.8 Å². The molecule has 1 aliphatic heterocycles. The number of aromatic nitrogens is 1. The molecule has 20 heavy (non-hydrogen) atoms. The highest BCUT2D eigenvalue weighted by atomic mass is 79.9. The van der Waals surface area contributed by atoms with E-state index in [1.807, 2.05) is 31.3 Å². The average molecular weight is 333 g/mol. The predicted octanol–water partition coefficient (Wildman–Crippen LogP) is 3.77. The Labute approximate surface area is 127 Å². The average Bonchev–Trinajstić information content (AvgIpc) is 2.47. The number of hydrogen-bond acceptors (Lipinski definition) is 3. The molecule has 3 rings (SSSR count). The maximum atomic E-state index is 5.70. The number of halogens is 1. The topological polar surface area (TPSA) is 34.1 Å². The maximum Gasteiger partial charge on any atom is 0.124 e. The van der Waals surface area contributed by atoms with Gasteiger partial charge in [0.15, 0.2) is 0 Å². The fourth-order valence-electron chi connectivity index (χ4n) is 2.42. The minimum atomic E-state index is 0.331. The van der Waals surface area contributed by atoms with E-state index in [-0.39, 0.29) is 0 Å². The molecule has 2 heterocycles. The van der Waals surface area contributed by atoms with Crippen LogP contribution in [0.4, 0.5) is 0 Å². The normalized spacial score (nSPS) is 17.4. The summed E-state index contributed by atoms with van der Waals surface area (Å²) in [5, 5.41) is 3.60. The van der Waals surface area contributed by atoms with Crippen molar-refractivity contribution in [2.75, 3.05) is 6.61 Å². The van der Waals surface area contributed by atoms with E-state index in [4.69, 9.17) is 4.74 Å². The largest absolute Gasteiger partial charge is 0.493 e. The van der Waals surface area contributed by atoms with Gasteiger partial charge in [0, 0.05) is 40.9 Å². The van der Waals surface area contributed by atoms with E-state index < -0.39 is 0 Å². The molecule has 2 aromatic rings. The predicted molar refractivity (Wildman–Crippen MR) is 82.8 cm³/mol. The Balaban J connectivity index is 1.73. The molecule has 0 aliphatic carbocycles. The summed E-state index contributed by atoms with van der Waals surface area (Å²) in [7, 11) is 0. The Morgan fingerprint density at radius 1 is 1.35 bits per heavy atom. The second-order valence-corrected chi connectivity index (χ2v) is 5.98. The van der Waals surface area contributed by atoms with Crippen molar-refractivity contribution in [2.24, 2.45) is 0 Å². The first-order chi connectivity index (χ1) is 9.72. The summed E-state index contributed by atoms with van der Waals surface area (Å²) in [5.41, 5.74) is 3.48. The number of ether oxygens (including phenoxy) is 1. The van der Waals surface area contributed by atoms with Crippen LogP contribution in [0.2, 0.25) is 0 Å². The molecule has 0 saturated carbocycles. The van der Waals surface area contributed by atoms with Crippen molar-refractivity contribution in [2.45, 2.75) is 25.9 Å². The quantitative estimate of drug-likeness (QED) is 0.929. The number of hydrogen-bond donors (Lipinski definition) is 1. The zero-order valence-electron chi connectivity index (χ0n) is 11.4. The van der Waals surface area contributed by atoms with Gasteiger partial charge in [-0.2, -0.15) is 0 Å². The zero-order chi connectivity index (χ0) is 13.9. The van der Waals surface area contributed by atoms with Crippen LogP contribution in [-0.4, -0.2) is 11.6 Å². The highest BCUT2D eigenvalue weighted by Gasteiger charge is 2.21. The minimum absolute atomic E-state index is 0.331. The van der Waals surface area contributed by atoms with Gasteiger partial charge in [0.1, 0.15) is 5.75 Å². The fourth-order valence-corrected chi connectivity index (χ4v) is 2.80. The molecule has 0 saturated heterocycles. The second kappa shape index (κ2) is 5.94. The van der Waals surface area contributed by atoms with E-state index in [0.717, 1.165) is 35.5 Å². The van der Waals surface area contributed by atoms with Gasteiger partial charge < -0.3 is 10.1 Å². The molecular formula is C16H17BrN2O. The van der Waals surface area contributed by atoms with E-state index in [9.17, 15) is 0 Å². The number of pyridine rings is 1. The van der Waals surface area contributed by atoms with Gasteiger partial charge in [0.05, 0.1) is 6.61 Å². The molecular weight excluding hydrogens is 316 g/mol. The number of rotatable bonds is 3. The molecule has 0 spiro atoms. The van der Waals surface area contributed by atoms with Crippen LogP contribution >= 0.6 is 15.9 Å². The first-order valence-electron chi connectivity index (χ1n) is 6.79. The van der Waals surface area contributed by atoms with Crippen LogP contribution in [0.15, 0.2) is 41.0 Å². The van der Waals surface area contributed by atoms with Crippen molar-refractivity contribution in [3.05, 3.63) is 57.8 Å². The third kappa shape index (κ3) is 3.02. The van der Waals surface area contributed by atoms with Crippen LogP contribution in [0, 0.1) is 6.92 Å². The van der Waals surface area contributed by atoms with E-state index in [1.54, 1.807) is 0 Å². The molecule has 1 aromatic carbocycles. The smallest absolute Gasteiger partial charge is 0.124 e. The lowest BCUT2D eigenvalue weighted by molar-refractivity contribution is 0.252. The lowest BCUT2D eigenvalue weighted by Crippen LogP contribution is -2.26. The van der Waals surface area contributed by atoms with Crippen molar-refractivity contribution < 1.29 is 4.74 Å². The summed E-state index contributed by atoms with van der Waals surface area (Å²) in [6, 6.07) is 10.7.